The van der Waals surface area contributed by atoms with Gasteiger partial charge in [0.15, 0.2) is 0 Å². The summed E-state index contributed by atoms with van der Waals surface area (Å²) in [5.74, 6) is 2.01. The minimum Gasteiger partial charge on any atom is -0.309 e. The molecule has 0 spiro atoms. The molecule has 2 heteroatoms. The molecule has 21 heavy (non-hydrogen) atoms. The molecule has 1 saturated carbocycles. The van der Waals surface area contributed by atoms with Crippen LogP contribution in [0.2, 0.25) is 0 Å². The molecular weight excluding hydrogens is 256 g/mol. The smallest absolute Gasteiger partial charge is 0.0480 e. The van der Waals surface area contributed by atoms with E-state index in [0.717, 1.165) is 18.4 Å². The number of hydrogen-bond acceptors (Lipinski definition) is 2. The van der Waals surface area contributed by atoms with Crippen LogP contribution in [0, 0.1) is 11.8 Å². The maximum absolute atomic E-state index is 3.79. The highest BCUT2D eigenvalue weighted by molar-refractivity contribution is 5.34. The van der Waals surface area contributed by atoms with Gasteiger partial charge in [-0.15, -0.1) is 0 Å². The Kier molecular flexibility index (Phi) is 3.76. The van der Waals surface area contributed by atoms with Gasteiger partial charge in [0.05, 0.1) is 0 Å². The fourth-order valence-electron chi connectivity index (χ4n) is 5.14. The topological polar surface area (TPSA) is 15.3 Å². The van der Waals surface area contributed by atoms with Crippen molar-refractivity contribution in [2.45, 2.75) is 51.1 Å². The maximum Gasteiger partial charge on any atom is 0.0480 e. The zero-order chi connectivity index (χ0) is 14.2. The van der Waals surface area contributed by atoms with Crippen LogP contribution in [0.3, 0.4) is 0 Å². The molecule has 3 aliphatic rings. The van der Waals surface area contributed by atoms with Crippen LogP contribution in [-0.4, -0.2) is 30.6 Å². The maximum atomic E-state index is 3.79. The van der Waals surface area contributed by atoms with Crippen LogP contribution in [0.4, 0.5) is 0 Å². The van der Waals surface area contributed by atoms with Gasteiger partial charge in [-0.2, -0.15) is 0 Å². The zero-order valence-electron chi connectivity index (χ0n) is 13.2. The molecule has 0 amide bonds. The molecule has 2 nitrogen and oxygen atoms in total. The molecule has 2 aliphatic carbocycles. The van der Waals surface area contributed by atoms with Crippen molar-refractivity contribution in [1.82, 2.24) is 10.2 Å². The third kappa shape index (κ3) is 2.43. The highest BCUT2D eigenvalue weighted by Gasteiger charge is 2.42. The number of nitrogens with one attached hydrogen (secondary N) is 1. The zero-order valence-corrected chi connectivity index (χ0v) is 13.2. The van der Waals surface area contributed by atoms with Gasteiger partial charge >= 0.3 is 0 Å². The van der Waals surface area contributed by atoms with Crippen molar-refractivity contribution < 1.29 is 0 Å². The van der Waals surface area contributed by atoms with Gasteiger partial charge in [-0.25, -0.2) is 0 Å². The molecule has 4 unspecified atom stereocenters. The van der Waals surface area contributed by atoms with Crippen molar-refractivity contribution in [3.8, 4) is 0 Å². The Bertz CT molecular complexity index is 486. The molecule has 4 rings (SSSR count). The van der Waals surface area contributed by atoms with E-state index in [9.17, 15) is 0 Å². The Morgan fingerprint density at radius 1 is 1.10 bits per heavy atom. The van der Waals surface area contributed by atoms with Gasteiger partial charge in [0.1, 0.15) is 0 Å². The number of likely N-dealkylation sites (N-methyl/N-ethyl adjacent to an activating group) is 1. The molecule has 1 aromatic carbocycles. The summed E-state index contributed by atoms with van der Waals surface area (Å²) in [5, 5.41) is 3.79. The highest BCUT2D eigenvalue weighted by Crippen LogP contribution is 2.42. The van der Waals surface area contributed by atoms with Crippen molar-refractivity contribution in [3.05, 3.63) is 35.4 Å². The lowest BCUT2D eigenvalue weighted by Gasteiger charge is -2.40. The SMILES string of the molecule is CCNC1c2ccccc2CCC1N1CC2CCCC2C1. The monoisotopic (exact) mass is 284 g/mol. The van der Waals surface area contributed by atoms with E-state index in [0.29, 0.717) is 12.1 Å². The van der Waals surface area contributed by atoms with E-state index >= 15 is 0 Å². The summed E-state index contributed by atoms with van der Waals surface area (Å²) in [6, 6.07) is 10.3. The average Bonchev–Trinajstić information content (AvgIpc) is 3.09. The number of rotatable bonds is 3. The van der Waals surface area contributed by atoms with E-state index in [1.807, 2.05) is 0 Å². The third-order valence-electron chi connectivity index (χ3n) is 6.13. The molecule has 1 aliphatic heterocycles. The average molecular weight is 284 g/mol. The van der Waals surface area contributed by atoms with Gasteiger partial charge < -0.3 is 5.32 Å². The molecule has 1 saturated heterocycles. The Hall–Kier alpha value is -0.860. The number of likely N-dealkylation sites (tertiary alicyclic amines) is 1. The molecule has 1 heterocycles. The quantitative estimate of drug-likeness (QED) is 0.915. The molecule has 1 aromatic rings. The van der Waals surface area contributed by atoms with E-state index in [-0.39, 0.29) is 0 Å². The van der Waals surface area contributed by atoms with Crippen molar-refractivity contribution in [1.29, 1.82) is 0 Å². The molecule has 2 fully saturated rings. The minimum atomic E-state index is 0.541. The first-order valence-electron chi connectivity index (χ1n) is 8.92. The molecule has 0 aromatic heterocycles. The second kappa shape index (κ2) is 5.73. The van der Waals surface area contributed by atoms with Crippen LogP contribution < -0.4 is 5.32 Å². The van der Waals surface area contributed by atoms with Crippen LogP contribution in [0.15, 0.2) is 24.3 Å². The van der Waals surface area contributed by atoms with Crippen LogP contribution in [0.1, 0.15) is 49.8 Å². The fourth-order valence-corrected chi connectivity index (χ4v) is 5.14. The summed E-state index contributed by atoms with van der Waals surface area (Å²) < 4.78 is 0. The predicted octanol–water partition coefficient (Wildman–Crippen LogP) is 3.38. The standard InChI is InChI=1S/C19H28N2/c1-2-20-19-17-9-4-3-6-14(17)10-11-18(19)21-12-15-7-5-8-16(15)13-21/h3-4,6,9,15-16,18-20H,2,5,7-8,10-13H2,1H3. The number of nitrogens with zero attached hydrogens (tertiary/aromatic N) is 1. The van der Waals surface area contributed by atoms with E-state index < -0.39 is 0 Å². The minimum absolute atomic E-state index is 0.541. The number of fused-ring (bicyclic) bond motifs is 2. The normalized spacial score (nSPS) is 35.7. The lowest BCUT2D eigenvalue weighted by Crippen LogP contribution is -2.46. The lowest BCUT2D eigenvalue weighted by molar-refractivity contribution is 0.161. The van der Waals surface area contributed by atoms with E-state index in [4.69, 9.17) is 0 Å². The van der Waals surface area contributed by atoms with E-state index in [2.05, 4.69) is 41.4 Å². The van der Waals surface area contributed by atoms with Crippen LogP contribution in [0.5, 0.6) is 0 Å². The summed E-state index contributed by atoms with van der Waals surface area (Å²) >= 11 is 0. The molecule has 1 N–H and O–H groups in total. The largest absolute Gasteiger partial charge is 0.309 e. The van der Waals surface area contributed by atoms with Crippen molar-refractivity contribution in [2.75, 3.05) is 19.6 Å². The number of aryl methyl sites for hydroxylation is 1. The Balaban J connectivity index is 1.57. The van der Waals surface area contributed by atoms with Gasteiger partial charge in [0.25, 0.3) is 0 Å². The molecule has 0 radical (unpaired) electrons. The Morgan fingerprint density at radius 3 is 2.62 bits per heavy atom. The van der Waals surface area contributed by atoms with Gasteiger partial charge in [-0.05, 0) is 55.2 Å². The van der Waals surface area contributed by atoms with Gasteiger partial charge in [0, 0.05) is 25.2 Å². The van der Waals surface area contributed by atoms with Crippen molar-refractivity contribution >= 4 is 0 Å². The number of benzene rings is 1. The first-order chi connectivity index (χ1) is 10.4. The number of hydrogen-bond donors (Lipinski definition) is 1. The summed E-state index contributed by atoms with van der Waals surface area (Å²) in [7, 11) is 0. The summed E-state index contributed by atoms with van der Waals surface area (Å²) in [6.45, 7) is 6.03. The molecule has 4 atom stereocenters. The lowest BCUT2D eigenvalue weighted by atomic mass is 9.83. The first kappa shape index (κ1) is 13.8. The van der Waals surface area contributed by atoms with Crippen molar-refractivity contribution in [3.63, 3.8) is 0 Å². The second-order valence-corrected chi connectivity index (χ2v) is 7.25. The Labute approximate surface area is 128 Å². The molecular formula is C19H28N2. The molecule has 114 valence electrons. The van der Waals surface area contributed by atoms with Crippen molar-refractivity contribution in [2.24, 2.45) is 11.8 Å². The third-order valence-corrected chi connectivity index (χ3v) is 6.13. The summed E-state index contributed by atoms with van der Waals surface area (Å²) in [4.78, 5) is 2.83. The summed E-state index contributed by atoms with van der Waals surface area (Å²) in [6.07, 6.45) is 7.03. The highest BCUT2D eigenvalue weighted by atomic mass is 15.2. The van der Waals surface area contributed by atoms with Crippen LogP contribution in [0.25, 0.3) is 0 Å². The second-order valence-electron chi connectivity index (χ2n) is 7.25. The van der Waals surface area contributed by atoms with Gasteiger partial charge in [-0.1, -0.05) is 37.6 Å². The fraction of sp³-hybridized carbons (Fsp3) is 0.684. The molecule has 0 bridgehead atoms. The predicted molar refractivity (Wildman–Crippen MR) is 87.4 cm³/mol. The van der Waals surface area contributed by atoms with Crippen LogP contribution in [-0.2, 0) is 6.42 Å². The van der Waals surface area contributed by atoms with Gasteiger partial charge in [-0.3, -0.25) is 4.90 Å². The Morgan fingerprint density at radius 2 is 1.86 bits per heavy atom. The summed E-state index contributed by atoms with van der Waals surface area (Å²) in [5.41, 5.74) is 3.13. The first-order valence-corrected chi connectivity index (χ1v) is 8.92. The van der Waals surface area contributed by atoms with E-state index in [1.165, 1.54) is 45.2 Å². The van der Waals surface area contributed by atoms with E-state index in [1.54, 1.807) is 11.1 Å². The van der Waals surface area contributed by atoms with Gasteiger partial charge in [0.2, 0.25) is 0 Å². The van der Waals surface area contributed by atoms with Crippen LogP contribution >= 0.6 is 0 Å².